The van der Waals surface area contributed by atoms with Gasteiger partial charge in [-0.3, -0.25) is 14.9 Å². The van der Waals surface area contributed by atoms with Crippen molar-refractivity contribution >= 4 is 36.0 Å². The van der Waals surface area contributed by atoms with Gasteiger partial charge in [0.2, 0.25) is 5.91 Å². The minimum absolute atomic E-state index is 0. The largest absolute Gasteiger partial charge is 0.345 e. The number of nitrogens with one attached hydrogen (secondary N) is 1. The Morgan fingerprint density at radius 2 is 2.00 bits per heavy atom. The predicted octanol–water partition coefficient (Wildman–Crippen LogP) is 2.03. The fourth-order valence-corrected chi connectivity index (χ4v) is 4.46. The molecule has 2 amide bonds. The van der Waals surface area contributed by atoms with Crippen LogP contribution in [0.1, 0.15) is 34.1 Å². The second kappa shape index (κ2) is 8.76. The molecule has 6 nitrogen and oxygen atoms in total. The first kappa shape index (κ1) is 20.6. The van der Waals surface area contributed by atoms with E-state index in [1.165, 1.54) is 0 Å². The Bertz CT molecular complexity index is 704. The van der Waals surface area contributed by atoms with Crippen LogP contribution in [0.5, 0.6) is 0 Å². The number of carbonyl (C=O) groups excluding carboxylic acids is 2. The highest BCUT2D eigenvalue weighted by Crippen LogP contribution is 2.34. The highest BCUT2D eigenvalue weighted by molar-refractivity contribution is 7.99. The molecule has 0 aromatic heterocycles. The fraction of sp³-hybridized carbons (Fsp3) is 0.500. The fourth-order valence-electron chi connectivity index (χ4n) is 3.23. The standard InChI is InChI=1S/C18H22N4O2S.ClH/c1-21(2)17(23)13-7-5-12(6-8-13)16-20-15(11-25-16)18(24)22-9-3-4-14(22)10-19;/h5-8,14-16,20H,3-4,9,11H2,1-2H3;1H/t14-,15-,16?;/m0./s1. The smallest absolute Gasteiger partial charge is 0.253 e. The summed E-state index contributed by atoms with van der Waals surface area (Å²) in [6, 6.07) is 9.19. The molecule has 1 aromatic carbocycles. The third-order valence-electron chi connectivity index (χ3n) is 4.63. The second-order valence-corrected chi connectivity index (χ2v) is 7.71. The lowest BCUT2D eigenvalue weighted by molar-refractivity contribution is -0.132. The molecule has 8 heteroatoms. The molecule has 2 aliphatic rings. The molecule has 3 atom stereocenters. The van der Waals surface area contributed by atoms with E-state index < -0.39 is 0 Å². The summed E-state index contributed by atoms with van der Waals surface area (Å²) in [5, 5.41) is 12.6. The van der Waals surface area contributed by atoms with E-state index in [9.17, 15) is 9.59 Å². The zero-order valence-corrected chi connectivity index (χ0v) is 16.5. The van der Waals surface area contributed by atoms with Gasteiger partial charge < -0.3 is 9.80 Å². The number of hydrogen-bond donors (Lipinski definition) is 1. The lowest BCUT2D eigenvalue weighted by Crippen LogP contribution is -2.46. The van der Waals surface area contributed by atoms with Crippen molar-refractivity contribution < 1.29 is 9.59 Å². The van der Waals surface area contributed by atoms with Crippen LogP contribution in [0.15, 0.2) is 24.3 Å². The van der Waals surface area contributed by atoms with Gasteiger partial charge in [-0.2, -0.15) is 5.26 Å². The quantitative estimate of drug-likeness (QED) is 0.848. The van der Waals surface area contributed by atoms with Crippen LogP contribution in [-0.2, 0) is 4.79 Å². The van der Waals surface area contributed by atoms with Crippen LogP contribution in [0.2, 0.25) is 0 Å². The number of nitrogens with zero attached hydrogens (tertiary/aromatic N) is 3. The molecule has 140 valence electrons. The first-order valence-electron chi connectivity index (χ1n) is 8.40. The maximum Gasteiger partial charge on any atom is 0.253 e. The van der Waals surface area contributed by atoms with E-state index in [4.69, 9.17) is 5.26 Å². The van der Waals surface area contributed by atoms with Crippen LogP contribution in [0.25, 0.3) is 0 Å². The van der Waals surface area contributed by atoms with Gasteiger partial charge in [-0.05, 0) is 30.5 Å². The summed E-state index contributed by atoms with van der Waals surface area (Å²) in [7, 11) is 3.46. The van der Waals surface area contributed by atoms with E-state index >= 15 is 0 Å². The van der Waals surface area contributed by atoms with Crippen molar-refractivity contribution in [3.05, 3.63) is 35.4 Å². The normalized spacial score (nSPS) is 24.7. The zero-order valence-electron chi connectivity index (χ0n) is 14.8. The van der Waals surface area contributed by atoms with Crippen LogP contribution < -0.4 is 5.32 Å². The summed E-state index contributed by atoms with van der Waals surface area (Å²) >= 11 is 1.68. The highest BCUT2D eigenvalue weighted by Gasteiger charge is 2.37. The summed E-state index contributed by atoms with van der Waals surface area (Å²) in [6.07, 6.45) is 1.67. The van der Waals surface area contributed by atoms with Crippen molar-refractivity contribution in [1.29, 1.82) is 5.26 Å². The molecule has 0 aliphatic carbocycles. The molecule has 1 unspecified atom stereocenters. The van der Waals surface area contributed by atoms with E-state index in [1.54, 1.807) is 35.7 Å². The topological polar surface area (TPSA) is 76.4 Å². The van der Waals surface area contributed by atoms with Crippen molar-refractivity contribution in [3.63, 3.8) is 0 Å². The average Bonchev–Trinajstić information content (AvgIpc) is 3.29. The molecule has 1 aromatic rings. The molecule has 3 rings (SSSR count). The van der Waals surface area contributed by atoms with Gasteiger partial charge in [-0.25, -0.2) is 0 Å². The van der Waals surface area contributed by atoms with Gasteiger partial charge in [-0.1, -0.05) is 12.1 Å². The Labute approximate surface area is 164 Å². The summed E-state index contributed by atoms with van der Waals surface area (Å²) in [4.78, 5) is 27.9. The Balaban J connectivity index is 0.00000243. The van der Waals surface area contributed by atoms with Crippen LogP contribution in [0.4, 0.5) is 0 Å². The number of thioether (sulfide) groups is 1. The van der Waals surface area contributed by atoms with Gasteiger partial charge in [-0.15, -0.1) is 24.2 Å². The van der Waals surface area contributed by atoms with Crippen molar-refractivity contribution in [3.8, 4) is 6.07 Å². The van der Waals surface area contributed by atoms with Crippen molar-refractivity contribution in [2.75, 3.05) is 26.4 Å². The molecular formula is C18H23ClN4O2S. The van der Waals surface area contributed by atoms with Crippen LogP contribution in [-0.4, -0.2) is 60.1 Å². The number of halogens is 1. The molecule has 0 radical (unpaired) electrons. The molecule has 2 fully saturated rings. The Kier molecular flexibility index (Phi) is 6.93. The van der Waals surface area contributed by atoms with Crippen molar-refractivity contribution in [2.24, 2.45) is 0 Å². The van der Waals surface area contributed by atoms with Crippen molar-refractivity contribution in [1.82, 2.24) is 15.1 Å². The maximum atomic E-state index is 12.7. The Morgan fingerprint density at radius 1 is 1.31 bits per heavy atom. The van der Waals surface area contributed by atoms with Gasteiger partial charge in [0.05, 0.1) is 17.5 Å². The molecule has 2 heterocycles. The summed E-state index contributed by atoms with van der Waals surface area (Å²) in [5.41, 5.74) is 1.70. The minimum Gasteiger partial charge on any atom is -0.345 e. The van der Waals surface area contributed by atoms with Crippen LogP contribution in [0.3, 0.4) is 0 Å². The minimum atomic E-state index is -0.283. The van der Waals surface area contributed by atoms with E-state index in [-0.39, 0.29) is 41.7 Å². The van der Waals surface area contributed by atoms with Gasteiger partial charge in [0.25, 0.3) is 5.91 Å². The molecule has 2 aliphatic heterocycles. The van der Waals surface area contributed by atoms with Crippen LogP contribution in [0, 0.1) is 11.3 Å². The monoisotopic (exact) mass is 394 g/mol. The highest BCUT2D eigenvalue weighted by atomic mass is 35.5. The summed E-state index contributed by atoms with van der Waals surface area (Å²) in [6.45, 7) is 0.673. The van der Waals surface area contributed by atoms with E-state index in [2.05, 4.69) is 11.4 Å². The summed E-state index contributed by atoms with van der Waals surface area (Å²) < 4.78 is 0. The first-order valence-corrected chi connectivity index (χ1v) is 9.45. The van der Waals surface area contributed by atoms with Gasteiger partial charge >= 0.3 is 0 Å². The van der Waals surface area contributed by atoms with Crippen LogP contribution >= 0.6 is 24.2 Å². The lowest BCUT2D eigenvalue weighted by atomic mass is 10.1. The number of likely N-dealkylation sites (tertiary alicyclic amines) is 1. The molecule has 1 N–H and O–H groups in total. The number of carbonyl (C=O) groups is 2. The summed E-state index contributed by atoms with van der Waals surface area (Å²) in [5.74, 6) is 0.693. The number of nitriles is 1. The molecule has 0 bridgehead atoms. The first-order chi connectivity index (χ1) is 12.0. The number of benzene rings is 1. The van der Waals surface area contributed by atoms with E-state index in [1.807, 2.05) is 24.3 Å². The zero-order chi connectivity index (χ0) is 18.0. The third kappa shape index (κ3) is 4.14. The number of hydrogen-bond acceptors (Lipinski definition) is 5. The van der Waals surface area contributed by atoms with E-state index in [0.717, 1.165) is 18.4 Å². The van der Waals surface area contributed by atoms with Gasteiger partial charge in [0.1, 0.15) is 6.04 Å². The Hall–Kier alpha value is -1.75. The average molecular weight is 395 g/mol. The Morgan fingerprint density at radius 3 is 2.62 bits per heavy atom. The maximum absolute atomic E-state index is 12.7. The number of rotatable bonds is 3. The molecule has 26 heavy (non-hydrogen) atoms. The van der Waals surface area contributed by atoms with Gasteiger partial charge in [0.15, 0.2) is 0 Å². The second-order valence-electron chi connectivity index (χ2n) is 6.57. The number of amides is 2. The van der Waals surface area contributed by atoms with Crippen molar-refractivity contribution in [2.45, 2.75) is 30.3 Å². The third-order valence-corrected chi connectivity index (χ3v) is 5.90. The van der Waals surface area contributed by atoms with E-state index in [0.29, 0.717) is 17.9 Å². The van der Waals surface area contributed by atoms with Gasteiger partial charge in [0, 0.05) is 32.0 Å². The molecule has 0 spiro atoms. The molecular weight excluding hydrogens is 372 g/mol. The molecule has 0 saturated carbocycles. The lowest BCUT2D eigenvalue weighted by Gasteiger charge is -2.23. The SMILES string of the molecule is CN(C)C(=O)c1ccc(C2N[C@H](C(=O)N3CCC[C@H]3C#N)CS2)cc1.Cl. The predicted molar refractivity (Wildman–Crippen MR) is 104 cm³/mol. The molecule has 2 saturated heterocycles.